The van der Waals surface area contributed by atoms with Gasteiger partial charge in [-0.1, -0.05) is 65.7 Å². The Morgan fingerprint density at radius 1 is 0.912 bits per heavy atom. The standard InChI is InChI=1S/C28H28Cl2N2O2/c1-4-34-28(33)27-26(23-7-5-6-8-24(23)32(27)18-17-31(2)3)25(19-9-13-21(29)14-10-19)20-11-15-22(30)16-12-20/h5-16,25H,4,17-18H2,1-3H3. The highest BCUT2D eigenvalue weighted by Gasteiger charge is 2.30. The molecule has 3 aromatic carbocycles. The van der Waals surface area contributed by atoms with Gasteiger partial charge in [-0.25, -0.2) is 4.79 Å². The molecule has 0 fully saturated rings. The monoisotopic (exact) mass is 494 g/mol. The highest BCUT2D eigenvalue weighted by Crippen LogP contribution is 2.41. The molecule has 4 aromatic rings. The third-order valence-electron chi connectivity index (χ3n) is 5.95. The minimum atomic E-state index is -0.319. The van der Waals surface area contributed by atoms with Gasteiger partial charge in [-0.05, 0) is 62.5 Å². The van der Waals surface area contributed by atoms with Crippen molar-refractivity contribution in [2.45, 2.75) is 19.4 Å². The van der Waals surface area contributed by atoms with Crippen LogP contribution in [0.4, 0.5) is 0 Å². The number of aromatic nitrogens is 1. The van der Waals surface area contributed by atoms with Gasteiger partial charge in [-0.2, -0.15) is 0 Å². The number of halogens is 2. The van der Waals surface area contributed by atoms with Gasteiger partial charge in [0.15, 0.2) is 0 Å². The number of benzene rings is 3. The average molecular weight is 495 g/mol. The number of para-hydroxylation sites is 1. The van der Waals surface area contributed by atoms with E-state index in [1.165, 1.54) is 0 Å². The predicted molar refractivity (Wildman–Crippen MR) is 140 cm³/mol. The fourth-order valence-corrected chi connectivity index (χ4v) is 4.66. The summed E-state index contributed by atoms with van der Waals surface area (Å²) in [5, 5.41) is 2.36. The number of carbonyl (C=O) groups excluding carboxylic acids is 1. The Labute approximate surface area is 210 Å². The minimum Gasteiger partial charge on any atom is -0.461 e. The van der Waals surface area contributed by atoms with Crippen LogP contribution in [0.25, 0.3) is 10.9 Å². The fraction of sp³-hybridized carbons (Fsp3) is 0.250. The number of rotatable bonds is 8. The van der Waals surface area contributed by atoms with Crippen molar-refractivity contribution in [2.24, 2.45) is 0 Å². The average Bonchev–Trinajstić information content (AvgIpc) is 3.14. The summed E-state index contributed by atoms with van der Waals surface area (Å²) in [6.07, 6.45) is 0. The Hall–Kier alpha value is -2.79. The number of esters is 1. The second-order valence-corrected chi connectivity index (χ2v) is 9.36. The molecule has 0 aliphatic carbocycles. The Morgan fingerprint density at radius 3 is 2.00 bits per heavy atom. The first-order valence-electron chi connectivity index (χ1n) is 11.3. The van der Waals surface area contributed by atoms with Crippen LogP contribution < -0.4 is 0 Å². The molecule has 0 spiro atoms. The number of carbonyl (C=O) groups is 1. The molecule has 0 amide bonds. The van der Waals surface area contributed by atoms with Gasteiger partial charge in [0.05, 0.1) is 6.61 Å². The van der Waals surface area contributed by atoms with E-state index in [1.807, 2.05) is 81.7 Å². The summed E-state index contributed by atoms with van der Waals surface area (Å²) < 4.78 is 7.69. The van der Waals surface area contributed by atoms with E-state index in [4.69, 9.17) is 27.9 Å². The molecule has 4 nitrogen and oxygen atoms in total. The molecule has 0 aliphatic rings. The first kappa shape index (κ1) is 24.3. The lowest BCUT2D eigenvalue weighted by molar-refractivity contribution is 0.0512. The van der Waals surface area contributed by atoms with Crippen LogP contribution in [0.15, 0.2) is 72.8 Å². The molecular formula is C28H28Cl2N2O2. The van der Waals surface area contributed by atoms with Crippen LogP contribution in [0.5, 0.6) is 0 Å². The van der Waals surface area contributed by atoms with Gasteiger partial charge < -0.3 is 14.2 Å². The summed E-state index contributed by atoms with van der Waals surface area (Å²) in [6.45, 7) is 3.59. The SMILES string of the molecule is CCOC(=O)c1c(C(c2ccc(Cl)cc2)c2ccc(Cl)cc2)c2ccccc2n1CCN(C)C. The predicted octanol–water partition coefficient (Wildman–Crippen LogP) is 6.87. The van der Waals surface area contributed by atoms with Gasteiger partial charge in [-0.3, -0.25) is 0 Å². The van der Waals surface area contributed by atoms with E-state index in [9.17, 15) is 4.79 Å². The third-order valence-corrected chi connectivity index (χ3v) is 6.45. The maximum absolute atomic E-state index is 13.5. The van der Waals surface area contributed by atoms with E-state index >= 15 is 0 Å². The minimum absolute atomic E-state index is 0.209. The fourth-order valence-electron chi connectivity index (χ4n) is 4.41. The van der Waals surface area contributed by atoms with Crippen molar-refractivity contribution in [3.05, 3.63) is 105 Å². The van der Waals surface area contributed by atoms with Crippen LogP contribution in [-0.2, 0) is 11.3 Å². The molecule has 0 atom stereocenters. The van der Waals surface area contributed by atoms with Crippen molar-refractivity contribution in [1.82, 2.24) is 9.47 Å². The van der Waals surface area contributed by atoms with E-state index < -0.39 is 0 Å². The first-order valence-corrected chi connectivity index (χ1v) is 12.1. The molecule has 1 aromatic heterocycles. The van der Waals surface area contributed by atoms with Gasteiger partial charge in [0.2, 0.25) is 0 Å². The quantitative estimate of drug-likeness (QED) is 0.250. The molecule has 0 unspecified atom stereocenters. The summed E-state index contributed by atoms with van der Waals surface area (Å²) in [5.74, 6) is -0.528. The Kier molecular flexibility index (Phi) is 7.62. The lowest BCUT2D eigenvalue weighted by Gasteiger charge is -2.21. The van der Waals surface area contributed by atoms with E-state index in [-0.39, 0.29) is 11.9 Å². The molecule has 0 saturated carbocycles. The lowest BCUT2D eigenvalue weighted by atomic mass is 9.83. The van der Waals surface area contributed by atoms with Gasteiger partial charge in [-0.15, -0.1) is 0 Å². The van der Waals surface area contributed by atoms with Crippen molar-refractivity contribution >= 4 is 40.1 Å². The Bertz CT molecular complexity index is 1230. The second-order valence-electron chi connectivity index (χ2n) is 8.49. The number of hydrogen-bond donors (Lipinski definition) is 0. The smallest absolute Gasteiger partial charge is 0.355 e. The molecular weight excluding hydrogens is 467 g/mol. The summed E-state index contributed by atoms with van der Waals surface area (Å²) >= 11 is 12.4. The highest BCUT2D eigenvalue weighted by molar-refractivity contribution is 6.30. The third kappa shape index (κ3) is 5.00. The number of nitrogens with zero attached hydrogens (tertiary/aromatic N) is 2. The highest BCUT2D eigenvalue weighted by atomic mass is 35.5. The van der Waals surface area contributed by atoms with Gasteiger partial charge in [0, 0.05) is 45.5 Å². The topological polar surface area (TPSA) is 34.5 Å². The molecule has 0 N–H and O–H groups in total. The molecule has 176 valence electrons. The van der Waals surface area contributed by atoms with Crippen LogP contribution in [0.3, 0.4) is 0 Å². The zero-order valence-electron chi connectivity index (χ0n) is 19.6. The van der Waals surface area contributed by atoms with Crippen LogP contribution in [0.1, 0.15) is 40.0 Å². The van der Waals surface area contributed by atoms with Gasteiger partial charge in [0.1, 0.15) is 5.69 Å². The first-order chi connectivity index (χ1) is 16.4. The number of fused-ring (bicyclic) bond motifs is 1. The Balaban J connectivity index is 2.05. The zero-order chi connectivity index (χ0) is 24.2. The molecule has 34 heavy (non-hydrogen) atoms. The van der Waals surface area contributed by atoms with E-state index in [0.717, 1.165) is 34.1 Å². The van der Waals surface area contributed by atoms with E-state index in [2.05, 4.69) is 21.6 Å². The molecule has 0 bridgehead atoms. The maximum atomic E-state index is 13.5. The summed E-state index contributed by atoms with van der Waals surface area (Å²) in [5.41, 5.74) is 4.59. The molecule has 0 aliphatic heterocycles. The van der Waals surface area contributed by atoms with Crippen LogP contribution in [0, 0.1) is 0 Å². The largest absolute Gasteiger partial charge is 0.461 e. The van der Waals surface area contributed by atoms with E-state index in [0.29, 0.717) is 28.9 Å². The molecule has 0 saturated heterocycles. The van der Waals surface area contributed by atoms with Crippen LogP contribution >= 0.6 is 23.2 Å². The zero-order valence-corrected chi connectivity index (χ0v) is 21.1. The molecule has 4 rings (SSSR count). The number of likely N-dealkylation sites (N-methyl/N-ethyl adjacent to an activating group) is 1. The number of ether oxygens (including phenoxy) is 1. The van der Waals surface area contributed by atoms with Gasteiger partial charge >= 0.3 is 5.97 Å². The van der Waals surface area contributed by atoms with Crippen LogP contribution in [-0.4, -0.2) is 42.7 Å². The summed E-state index contributed by atoms with van der Waals surface area (Å²) in [4.78, 5) is 15.6. The van der Waals surface area contributed by atoms with Crippen molar-refractivity contribution in [2.75, 3.05) is 27.2 Å². The summed E-state index contributed by atoms with van der Waals surface area (Å²) in [6, 6.07) is 23.8. The Morgan fingerprint density at radius 2 is 1.47 bits per heavy atom. The van der Waals surface area contributed by atoms with Gasteiger partial charge in [0.25, 0.3) is 0 Å². The second kappa shape index (κ2) is 10.6. The van der Waals surface area contributed by atoms with Crippen molar-refractivity contribution in [1.29, 1.82) is 0 Å². The normalized spacial score (nSPS) is 11.5. The molecule has 6 heteroatoms. The van der Waals surface area contributed by atoms with Crippen molar-refractivity contribution in [3.63, 3.8) is 0 Å². The molecule has 0 radical (unpaired) electrons. The molecule has 1 heterocycles. The van der Waals surface area contributed by atoms with Crippen molar-refractivity contribution < 1.29 is 9.53 Å². The number of hydrogen-bond acceptors (Lipinski definition) is 3. The van der Waals surface area contributed by atoms with Crippen molar-refractivity contribution in [3.8, 4) is 0 Å². The van der Waals surface area contributed by atoms with E-state index in [1.54, 1.807) is 0 Å². The maximum Gasteiger partial charge on any atom is 0.355 e. The lowest BCUT2D eigenvalue weighted by Crippen LogP contribution is -2.22. The summed E-state index contributed by atoms with van der Waals surface area (Å²) in [7, 11) is 4.06. The van der Waals surface area contributed by atoms with Crippen LogP contribution in [0.2, 0.25) is 10.0 Å².